The number of halogens is 2. The van der Waals surface area contributed by atoms with Gasteiger partial charge in [-0.05, 0) is 24.8 Å². The fourth-order valence-corrected chi connectivity index (χ4v) is 2.74. The van der Waals surface area contributed by atoms with E-state index in [2.05, 4.69) is 6.58 Å². The largest absolute Gasteiger partial charge is 0.373 e. The molecule has 0 aromatic carbocycles. The van der Waals surface area contributed by atoms with Crippen molar-refractivity contribution in [2.45, 2.75) is 62.3 Å². The summed E-state index contributed by atoms with van der Waals surface area (Å²) in [6.45, 7) is 3.74. The zero-order chi connectivity index (χ0) is 10.8. The summed E-state index contributed by atoms with van der Waals surface area (Å²) in [6, 6.07) is 0. The van der Waals surface area contributed by atoms with Gasteiger partial charge in [0.15, 0.2) is 0 Å². The van der Waals surface area contributed by atoms with Crippen molar-refractivity contribution >= 4 is 11.6 Å². The van der Waals surface area contributed by atoms with Gasteiger partial charge in [0.2, 0.25) is 0 Å². The van der Waals surface area contributed by atoms with Gasteiger partial charge in [-0.1, -0.05) is 19.4 Å². The molecule has 2 fully saturated rings. The van der Waals surface area contributed by atoms with Crippen molar-refractivity contribution < 1.29 is 9.13 Å². The van der Waals surface area contributed by atoms with Crippen LogP contribution in [-0.4, -0.2) is 23.8 Å². The van der Waals surface area contributed by atoms with Gasteiger partial charge in [0.05, 0.1) is 17.6 Å². The highest BCUT2D eigenvalue weighted by atomic mass is 35.5. The minimum Gasteiger partial charge on any atom is -0.373 e. The molecule has 1 nitrogen and oxygen atoms in total. The Morgan fingerprint density at radius 1 is 1.33 bits per heavy atom. The molecule has 3 heteroatoms. The Hall–Kier alpha value is -0.0800. The second-order valence-electron chi connectivity index (χ2n) is 4.66. The first-order valence-electron chi connectivity index (χ1n) is 5.78. The maximum absolute atomic E-state index is 13.3. The third-order valence-electron chi connectivity index (χ3n) is 3.41. The highest BCUT2D eigenvalue weighted by Crippen LogP contribution is 2.33. The first-order valence-corrected chi connectivity index (χ1v) is 6.21. The molecule has 2 aliphatic carbocycles. The predicted molar refractivity (Wildman–Crippen MR) is 60.0 cm³/mol. The Morgan fingerprint density at radius 2 is 2.00 bits per heavy atom. The molecule has 0 amide bonds. The Balaban J connectivity index is 1.87. The van der Waals surface area contributed by atoms with Gasteiger partial charge in [0.25, 0.3) is 0 Å². The highest BCUT2D eigenvalue weighted by molar-refractivity contribution is 6.21. The van der Waals surface area contributed by atoms with Gasteiger partial charge in [0, 0.05) is 6.42 Å². The lowest BCUT2D eigenvalue weighted by Gasteiger charge is -2.32. The van der Waals surface area contributed by atoms with E-state index >= 15 is 0 Å². The number of rotatable bonds is 2. The van der Waals surface area contributed by atoms with Gasteiger partial charge >= 0.3 is 0 Å². The number of hydrogen-bond acceptors (Lipinski definition) is 1. The molecule has 0 heterocycles. The topological polar surface area (TPSA) is 9.23 Å². The van der Waals surface area contributed by atoms with E-state index in [4.69, 9.17) is 16.3 Å². The van der Waals surface area contributed by atoms with Gasteiger partial charge in [-0.3, -0.25) is 0 Å². The lowest BCUT2D eigenvalue weighted by molar-refractivity contribution is -0.0210. The molecule has 0 aliphatic heterocycles. The zero-order valence-electron chi connectivity index (χ0n) is 8.92. The van der Waals surface area contributed by atoms with Gasteiger partial charge in [0.1, 0.15) is 6.17 Å². The van der Waals surface area contributed by atoms with Crippen LogP contribution in [0, 0.1) is 0 Å². The van der Waals surface area contributed by atoms with E-state index in [1.165, 1.54) is 12.8 Å². The summed E-state index contributed by atoms with van der Waals surface area (Å²) in [7, 11) is 0. The van der Waals surface area contributed by atoms with Crippen molar-refractivity contribution in [2.75, 3.05) is 0 Å². The zero-order valence-corrected chi connectivity index (χ0v) is 9.68. The van der Waals surface area contributed by atoms with Gasteiger partial charge in [-0.25, -0.2) is 4.39 Å². The summed E-state index contributed by atoms with van der Waals surface area (Å²) in [4.78, 5) is 0. The monoisotopic (exact) mass is 232 g/mol. The third-order valence-corrected chi connectivity index (χ3v) is 3.87. The molecule has 3 unspecified atom stereocenters. The van der Waals surface area contributed by atoms with E-state index in [0.717, 1.165) is 12.8 Å². The number of hydrogen-bond donors (Lipinski definition) is 0. The molecular weight excluding hydrogens is 215 g/mol. The second kappa shape index (κ2) is 4.84. The van der Waals surface area contributed by atoms with E-state index in [1.54, 1.807) is 0 Å². The lowest BCUT2D eigenvalue weighted by atomic mass is 9.91. The maximum Gasteiger partial charge on any atom is 0.122 e. The standard InChI is InChI=1S/C12H18ClFO/c1-8-6-12(10(13)7-11(8)14)15-9-4-2-3-5-9/h9-12H,1-7H2. The van der Waals surface area contributed by atoms with E-state index in [-0.39, 0.29) is 11.5 Å². The van der Waals surface area contributed by atoms with Crippen molar-refractivity contribution in [3.63, 3.8) is 0 Å². The number of ether oxygens (including phenoxy) is 1. The highest BCUT2D eigenvalue weighted by Gasteiger charge is 2.34. The number of alkyl halides is 2. The van der Waals surface area contributed by atoms with Crippen molar-refractivity contribution in [2.24, 2.45) is 0 Å². The first kappa shape index (κ1) is 11.4. The SMILES string of the molecule is C=C1CC(OC2CCCC2)C(Cl)CC1F. The quantitative estimate of drug-likeness (QED) is 0.522. The average Bonchev–Trinajstić information content (AvgIpc) is 2.67. The Labute approximate surface area is 95.6 Å². The molecule has 2 saturated carbocycles. The van der Waals surface area contributed by atoms with Gasteiger partial charge in [-0.15, -0.1) is 11.6 Å². The van der Waals surface area contributed by atoms with Crippen LogP contribution in [0.2, 0.25) is 0 Å². The van der Waals surface area contributed by atoms with Crippen LogP contribution in [0.15, 0.2) is 12.2 Å². The summed E-state index contributed by atoms with van der Waals surface area (Å²) in [6.07, 6.45) is 5.10. The molecule has 2 rings (SSSR count). The molecular formula is C12H18ClFO. The van der Waals surface area contributed by atoms with Crippen LogP contribution in [0.25, 0.3) is 0 Å². The first-order chi connectivity index (χ1) is 7.16. The van der Waals surface area contributed by atoms with Gasteiger partial charge < -0.3 is 4.74 Å². The smallest absolute Gasteiger partial charge is 0.122 e. The molecule has 0 aromatic rings. The summed E-state index contributed by atoms with van der Waals surface area (Å²) < 4.78 is 19.2. The molecule has 0 radical (unpaired) electrons. The molecule has 3 atom stereocenters. The van der Waals surface area contributed by atoms with Crippen LogP contribution in [0.5, 0.6) is 0 Å². The third kappa shape index (κ3) is 2.73. The van der Waals surface area contributed by atoms with E-state index in [9.17, 15) is 4.39 Å². The van der Waals surface area contributed by atoms with E-state index < -0.39 is 6.17 Å². The van der Waals surface area contributed by atoms with Gasteiger partial charge in [-0.2, -0.15) is 0 Å². The molecule has 0 saturated heterocycles. The molecule has 15 heavy (non-hydrogen) atoms. The minimum absolute atomic E-state index is 0.0192. The molecule has 0 aromatic heterocycles. The summed E-state index contributed by atoms with van der Waals surface area (Å²) in [5, 5.41) is -0.189. The summed E-state index contributed by atoms with van der Waals surface area (Å²) >= 11 is 6.12. The lowest BCUT2D eigenvalue weighted by Crippen LogP contribution is -2.36. The van der Waals surface area contributed by atoms with Crippen molar-refractivity contribution in [3.8, 4) is 0 Å². The van der Waals surface area contributed by atoms with Crippen molar-refractivity contribution in [1.82, 2.24) is 0 Å². The Bertz CT molecular complexity index is 238. The van der Waals surface area contributed by atoms with Crippen molar-refractivity contribution in [1.29, 1.82) is 0 Å². The molecule has 0 N–H and O–H groups in total. The van der Waals surface area contributed by atoms with Crippen LogP contribution in [0.1, 0.15) is 38.5 Å². The van der Waals surface area contributed by atoms with Crippen LogP contribution in [0.4, 0.5) is 4.39 Å². The molecule has 0 bridgehead atoms. The predicted octanol–water partition coefficient (Wildman–Crippen LogP) is 3.61. The maximum atomic E-state index is 13.3. The Kier molecular flexibility index (Phi) is 3.68. The minimum atomic E-state index is -0.934. The Morgan fingerprint density at radius 3 is 2.67 bits per heavy atom. The molecule has 86 valence electrons. The van der Waals surface area contributed by atoms with E-state index in [0.29, 0.717) is 24.5 Å². The van der Waals surface area contributed by atoms with Crippen LogP contribution in [0.3, 0.4) is 0 Å². The van der Waals surface area contributed by atoms with Crippen LogP contribution >= 0.6 is 11.6 Å². The van der Waals surface area contributed by atoms with Crippen LogP contribution in [-0.2, 0) is 4.74 Å². The fraction of sp³-hybridized carbons (Fsp3) is 0.833. The summed E-state index contributed by atoms with van der Waals surface area (Å²) in [5.41, 5.74) is 0.648. The molecule has 2 aliphatic rings. The normalized spacial score (nSPS) is 38.5. The average molecular weight is 233 g/mol. The van der Waals surface area contributed by atoms with Crippen molar-refractivity contribution in [3.05, 3.63) is 12.2 Å². The van der Waals surface area contributed by atoms with E-state index in [1.807, 2.05) is 0 Å². The fourth-order valence-electron chi connectivity index (χ4n) is 2.44. The second-order valence-corrected chi connectivity index (χ2v) is 5.22. The van der Waals surface area contributed by atoms with Crippen LogP contribution < -0.4 is 0 Å². The molecule has 0 spiro atoms. The summed E-state index contributed by atoms with van der Waals surface area (Å²) in [5.74, 6) is 0.